The minimum absolute atomic E-state index is 0.127. The van der Waals surface area contributed by atoms with Gasteiger partial charge in [-0.15, -0.1) is 0 Å². The normalized spacial score (nSPS) is 14.1. The molecule has 0 unspecified atom stereocenters. The largest absolute Gasteiger partial charge is 0.206 e. The minimum atomic E-state index is -0.127. The van der Waals surface area contributed by atoms with Gasteiger partial charge in [0, 0.05) is 5.56 Å². The lowest BCUT2D eigenvalue weighted by Crippen LogP contribution is -2.00. The van der Waals surface area contributed by atoms with Gasteiger partial charge in [-0.1, -0.05) is 48.5 Å². The summed E-state index contributed by atoms with van der Waals surface area (Å²) in [6.07, 6.45) is 4.02. The van der Waals surface area contributed by atoms with Crippen molar-refractivity contribution < 1.29 is 4.39 Å². The fourth-order valence-electron chi connectivity index (χ4n) is 2.37. The molecular formula is C16H13F. The van der Waals surface area contributed by atoms with Crippen LogP contribution in [-0.4, -0.2) is 0 Å². The van der Waals surface area contributed by atoms with Crippen molar-refractivity contribution in [2.24, 2.45) is 0 Å². The van der Waals surface area contributed by atoms with E-state index in [0.717, 1.165) is 24.0 Å². The molecular weight excluding hydrogens is 211 g/mol. The molecule has 0 N–H and O–H groups in total. The van der Waals surface area contributed by atoms with Crippen molar-refractivity contribution in [1.29, 1.82) is 0 Å². The van der Waals surface area contributed by atoms with Crippen LogP contribution in [0.15, 0.2) is 48.5 Å². The zero-order valence-electron chi connectivity index (χ0n) is 9.49. The quantitative estimate of drug-likeness (QED) is 0.677. The average Bonchev–Trinajstić information content (AvgIpc) is 2.39. The molecule has 2 aromatic rings. The van der Waals surface area contributed by atoms with Crippen LogP contribution in [0, 0.1) is 5.82 Å². The molecule has 0 amide bonds. The van der Waals surface area contributed by atoms with E-state index in [-0.39, 0.29) is 5.82 Å². The molecule has 0 atom stereocenters. The third-order valence-electron chi connectivity index (χ3n) is 3.27. The van der Waals surface area contributed by atoms with Gasteiger partial charge in [0.2, 0.25) is 0 Å². The number of fused-ring (bicyclic) bond motifs is 1. The molecule has 0 heterocycles. The smallest absolute Gasteiger partial charge is 0.130 e. The first-order valence-corrected chi connectivity index (χ1v) is 5.88. The maximum Gasteiger partial charge on any atom is 0.130 e. The van der Waals surface area contributed by atoms with Crippen LogP contribution in [0.3, 0.4) is 0 Å². The number of allylic oxidation sites excluding steroid dienone is 1. The van der Waals surface area contributed by atoms with Crippen LogP contribution in [0.1, 0.15) is 23.1 Å². The molecule has 0 saturated heterocycles. The molecule has 2 aromatic carbocycles. The fraction of sp³-hybridized carbons (Fsp3) is 0.125. The molecule has 3 rings (SSSR count). The molecule has 0 radical (unpaired) electrons. The Balaban J connectivity index is 2.08. The van der Waals surface area contributed by atoms with Crippen LogP contribution in [0.5, 0.6) is 0 Å². The van der Waals surface area contributed by atoms with E-state index < -0.39 is 0 Å². The number of hydrogen-bond acceptors (Lipinski definition) is 0. The molecule has 1 aliphatic carbocycles. The van der Waals surface area contributed by atoms with Crippen LogP contribution in [0.4, 0.5) is 4.39 Å². The van der Waals surface area contributed by atoms with Crippen LogP contribution < -0.4 is 0 Å². The lowest BCUT2D eigenvalue weighted by atomic mass is 9.88. The van der Waals surface area contributed by atoms with E-state index in [2.05, 4.69) is 24.3 Å². The second-order valence-corrected chi connectivity index (χ2v) is 4.35. The SMILES string of the molecule is Fc1ccccc1C1=Cc2ccccc2CC1. The van der Waals surface area contributed by atoms with E-state index in [1.165, 1.54) is 17.2 Å². The molecule has 0 aromatic heterocycles. The Morgan fingerprint density at radius 2 is 1.59 bits per heavy atom. The first-order chi connectivity index (χ1) is 8.34. The van der Waals surface area contributed by atoms with Gasteiger partial charge >= 0.3 is 0 Å². The highest BCUT2D eigenvalue weighted by molar-refractivity contribution is 5.84. The van der Waals surface area contributed by atoms with Crippen molar-refractivity contribution in [1.82, 2.24) is 0 Å². The van der Waals surface area contributed by atoms with Crippen molar-refractivity contribution in [3.63, 3.8) is 0 Å². The maximum atomic E-state index is 13.7. The third-order valence-corrected chi connectivity index (χ3v) is 3.27. The van der Waals surface area contributed by atoms with E-state index in [1.54, 1.807) is 6.07 Å². The van der Waals surface area contributed by atoms with Crippen LogP contribution in [0.2, 0.25) is 0 Å². The molecule has 0 bridgehead atoms. The van der Waals surface area contributed by atoms with Gasteiger partial charge < -0.3 is 0 Å². The molecule has 0 saturated carbocycles. The summed E-state index contributed by atoms with van der Waals surface area (Å²) in [5, 5.41) is 0. The number of aryl methyl sites for hydroxylation is 1. The summed E-state index contributed by atoms with van der Waals surface area (Å²) in [4.78, 5) is 0. The molecule has 0 aliphatic heterocycles. The summed E-state index contributed by atoms with van der Waals surface area (Å²) in [5.41, 5.74) is 4.41. The molecule has 84 valence electrons. The van der Waals surface area contributed by atoms with Crippen LogP contribution in [-0.2, 0) is 6.42 Å². The van der Waals surface area contributed by atoms with Crippen LogP contribution >= 0.6 is 0 Å². The van der Waals surface area contributed by atoms with Crippen molar-refractivity contribution in [3.8, 4) is 0 Å². The first-order valence-electron chi connectivity index (χ1n) is 5.88. The van der Waals surface area contributed by atoms with E-state index in [1.807, 2.05) is 18.2 Å². The van der Waals surface area contributed by atoms with Gasteiger partial charge in [-0.2, -0.15) is 0 Å². The summed E-state index contributed by atoms with van der Waals surface area (Å²) < 4.78 is 13.7. The summed E-state index contributed by atoms with van der Waals surface area (Å²) in [6.45, 7) is 0. The zero-order valence-corrected chi connectivity index (χ0v) is 9.49. The summed E-state index contributed by atoms with van der Waals surface area (Å²) in [7, 11) is 0. The van der Waals surface area contributed by atoms with Gasteiger partial charge in [0.25, 0.3) is 0 Å². The maximum absolute atomic E-state index is 13.7. The summed E-state index contributed by atoms with van der Waals surface area (Å²) in [6, 6.07) is 15.3. The number of hydrogen-bond donors (Lipinski definition) is 0. The number of rotatable bonds is 1. The standard InChI is InChI=1S/C16H13F/c17-16-8-4-3-7-15(16)14-10-9-12-5-1-2-6-13(12)11-14/h1-8,11H,9-10H2. The second kappa shape index (κ2) is 4.17. The fourth-order valence-corrected chi connectivity index (χ4v) is 2.37. The highest BCUT2D eigenvalue weighted by Gasteiger charge is 2.13. The predicted octanol–water partition coefficient (Wildman–Crippen LogP) is 4.31. The average molecular weight is 224 g/mol. The Labute approximate surface area is 100 Å². The molecule has 17 heavy (non-hydrogen) atoms. The first kappa shape index (κ1) is 10.3. The van der Waals surface area contributed by atoms with Crippen molar-refractivity contribution in [2.75, 3.05) is 0 Å². The Morgan fingerprint density at radius 3 is 2.47 bits per heavy atom. The number of halogens is 1. The molecule has 1 heteroatoms. The Morgan fingerprint density at radius 1 is 0.824 bits per heavy atom. The Kier molecular flexibility index (Phi) is 2.52. The van der Waals surface area contributed by atoms with Gasteiger partial charge in [0.1, 0.15) is 5.82 Å². The molecule has 1 aliphatic rings. The van der Waals surface area contributed by atoms with Crippen molar-refractivity contribution >= 4 is 11.6 Å². The Hall–Kier alpha value is -1.89. The monoisotopic (exact) mass is 224 g/mol. The highest BCUT2D eigenvalue weighted by atomic mass is 19.1. The summed E-state index contributed by atoms with van der Waals surface area (Å²) >= 11 is 0. The lowest BCUT2D eigenvalue weighted by molar-refractivity contribution is 0.623. The predicted molar refractivity (Wildman–Crippen MR) is 69.0 cm³/mol. The van der Waals surface area contributed by atoms with Crippen molar-refractivity contribution in [3.05, 3.63) is 71.0 Å². The molecule has 0 spiro atoms. The molecule has 0 fully saturated rings. The molecule has 0 nitrogen and oxygen atoms in total. The van der Waals surface area contributed by atoms with Gasteiger partial charge in [-0.25, -0.2) is 4.39 Å². The van der Waals surface area contributed by atoms with Crippen LogP contribution in [0.25, 0.3) is 11.6 Å². The van der Waals surface area contributed by atoms with E-state index >= 15 is 0 Å². The number of benzene rings is 2. The van der Waals surface area contributed by atoms with Gasteiger partial charge in [0.15, 0.2) is 0 Å². The van der Waals surface area contributed by atoms with E-state index in [9.17, 15) is 4.39 Å². The second-order valence-electron chi connectivity index (χ2n) is 4.35. The van der Waals surface area contributed by atoms with Gasteiger partial charge in [-0.05, 0) is 35.6 Å². The van der Waals surface area contributed by atoms with Crippen molar-refractivity contribution in [2.45, 2.75) is 12.8 Å². The highest BCUT2D eigenvalue weighted by Crippen LogP contribution is 2.31. The lowest BCUT2D eigenvalue weighted by Gasteiger charge is -2.16. The minimum Gasteiger partial charge on any atom is -0.206 e. The van der Waals surface area contributed by atoms with Gasteiger partial charge in [-0.3, -0.25) is 0 Å². The Bertz CT molecular complexity index is 582. The zero-order chi connectivity index (χ0) is 11.7. The van der Waals surface area contributed by atoms with E-state index in [0.29, 0.717) is 0 Å². The summed E-state index contributed by atoms with van der Waals surface area (Å²) in [5.74, 6) is -0.127. The third kappa shape index (κ3) is 1.89. The van der Waals surface area contributed by atoms with E-state index in [4.69, 9.17) is 0 Å². The van der Waals surface area contributed by atoms with Gasteiger partial charge in [0.05, 0.1) is 0 Å². The topological polar surface area (TPSA) is 0 Å².